The fraction of sp³-hybridized carbons (Fsp3) is 0.120. The Labute approximate surface area is 210 Å². The molecule has 1 amide bonds. The number of fused-ring (bicyclic) bond motifs is 3. The molecule has 0 spiro atoms. The monoisotopic (exact) mass is 511 g/mol. The molecule has 33 heavy (non-hydrogen) atoms. The van der Waals surface area contributed by atoms with E-state index in [2.05, 4.69) is 53.2 Å². The Kier molecular flexibility index (Phi) is 6.18. The molecule has 4 nitrogen and oxygen atoms in total. The van der Waals surface area contributed by atoms with Gasteiger partial charge in [0.15, 0.2) is 5.17 Å². The van der Waals surface area contributed by atoms with Crippen LogP contribution in [0.25, 0.3) is 10.8 Å². The van der Waals surface area contributed by atoms with Crippen molar-refractivity contribution < 1.29 is 4.79 Å². The Morgan fingerprint density at radius 1 is 1.00 bits per heavy atom. The number of carbonyl (C=O) groups excluding carboxylic acids is 1. The van der Waals surface area contributed by atoms with Gasteiger partial charge < -0.3 is 4.90 Å². The minimum Gasteiger partial charge on any atom is -0.335 e. The molecule has 0 N–H and O–H groups in total. The molecule has 8 heteroatoms. The summed E-state index contributed by atoms with van der Waals surface area (Å²) in [4.78, 5) is 23.1. The average molecular weight is 512 g/mol. The maximum absolute atomic E-state index is 12.8. The number of benzene rings is 3. The maximum Gasteiger partial charge on any atom is 0.266 e. The van der Waals surface area contributed by atoms with E-state index in [1.54, 1.807) is 41.9 Å². The van der Waals surface area contributed by atoms with Crippen LogP contribution in [0, 0.1) is 0 Å². The van der Waals surface area contributed by atoms with E-state index in [1.807, 2.05) is 12.2 Å². The molecular formula is C25H19Cl2N3OS2. The molecule has 0 radical (unpaired) electrons. The maximum atomic E-state index is 12.8. The van der Waals surface area contributed by atoms with Gasteiger partial charge in [0, 0.05) is 18.5 Å². The molecule has 0 bridgehead atoms. The number of hydrogen-bond acceptors (Lipinski definition) is 5. The van der Waals surface area contributed by atoms with Gasteiger partial charge in [-0.3, -0.25) is 9.69 Å². The first-order valence-electron chi connectivity index (χ1n) is 10.3. The lowest BCUT2D eigenvalue weighted by molar-refractivity contribution is -0.121. The first kappa shape index (κ1) is 22.4. The van der Waals surface area contributed by atoms with Gasteiger partial charge in [0.05, 0.1) is 31.4 Å². The van der Waals surface area contributed by atoms with Crippen LogP contribution < -0.4 is 4.90 Å². The number of hydrogen-bond donors (Lipinski definition) is 0. The van der Waals surface area contributed by atoms with Crippen LogP contribution in [-0.2, 0) is 4.79 Å². The number of thioether (sulfide) groups is 2. The number of rotatable bonds is 3. The number of likely N-dealkylation sites (N-methyl/N-ethyl adjacent to an activating group) is 1. The number of halogens is 2. The van der Waals surface area contributed by atoms with E-state index in [1.165, 1.54) is 33.1 Å². The Bertz CT molecular complexity index is 1380. The number of amides is 1. The highest BCUT2D eigenvalue weighted by atomic mass is 35.5. The van der Waals surface area contributed by atoms with Gasteiger partial charge in [0.2, 0.25) is 0 Å². The van der Waals surface area contributed by atoms with E-state index in [-0.39, 0.29) is 5.91 Å². The lowest BCUT2D eigenvalue weighted by Gasteiger charge is -2.17. The minimum atomic E-state index is -0.0790. The predicted octanol–water partition coefficient (Wildman–Crippen LogP) is 7.70. The van der Waals surface area contributed by atoms with Crippen molar-refractivity contribution in [1.82, 2.24) is 4.90 Å². The quantitative estimate of drug-likeness (QED) is 0.337. The van der Waals surface area contributed by atoms with Crippen molar-refractivity contribution in [2.75, 3.05) is 18.5 Å². The average Bonchev–Trinajstić information content (AvgIpc) is 3.32. The van der Waals surface area contributed by atoms with E-state index >= 15 is 0 Å². The van der Waals surface area contributed by atoms with Gasteiger partial charge >= 0.3 is 0 Å². The molecule has 1 fully saturated rings. The largest absolute Gasteiger partial charge is 0.335 e. The smallest absolute Gasteiger partial charge is 0.266 e. The summed E-state index contributed by atoms with van der Waals surface area (Å²) in [5.41, 5.74) is 1.85. The van der Waals surface area contributed by atoms with Gasteiger partial charge in [-0.25, -0.2) is 4.99 Å². The second kappa shape index (κ2) is 9.11. The lowest BCUT2D eigenvalue weighted by atomic mass is 10.1. The summed E-state index contributed by atoms with van der Waals surface area (Å²) in [7, 11) is 1.73. The summed E-state index contributed by atoms with van der Waals surface area (Å²) < 4.78 is 0. The summed E-state index contributed by atoms with van der Waals surface area (Å²) >= 11 is 15.2. The number of aliphatic imine (C=N–C) groups is 1. The molecule has 2 aliphatic rings. The number of carbonyl (C=O) groups is 1. The van der Waals surface area contributed by atoms with Crippen LogP contribution in [0.5, 0.6) is 0 Å². The summed E-state index contributed by atoms with van der Waals surface area (Å²) in [5, 5.41) is 5.08. The number of anilines is 1. The topological polar surface area (TPSA) is 35.9 Å². The third kappa shape index (κ3) is 4.17. The molecule has 2 heterocycles. The molecule has 0 unspecified atom stereocenters. The number of nitrogens with zero attached hydrogens (tertiary/aromatic N) is 3. The molecule has 0 aromatic heterocycles. The standard InChI is InChI=1S/C25H19Cl2N3OS2/c1-3-30-20-11-8-15-6-4-5-7-17(15)23(20)33-22(30)13-12-21-24(31)29(2)25(32-21)28-16-9-10-18(26)19(27)14-16/h4-14H,3H2,1-2H3. The van der Waals surface area contributed by atoms with Crippen molar-refractivity contribution in [1.29, 1.82) is 0 Å². The lowest BCUT2D eigenvalue weighted by Crippen LogP contribution is -2.23. The van der Waals surface area contributed by atoms with Gasteiger partial charge in [-0.05, 0) is 65.9 Å². The highest BCUT2D eigenvalue weighted by Gasteiger charge is 2.31. The molecule has 0 aliphatic carbocycles. The predicted molar refractivity (Wildman–Crippen MR) is 143 cm³/mol. The van der Waals surface area contributed by atoms with Gasteiger partial charge in [-0.2, -0.15) is 0 Å². The summed E-state index contributed by atoms with van der Waals surface area (Å²) in [6.45, 7) is 2.98. The van der Waals surface area contributed by atoms with Crippen molar-refractivity contribution in [2.24, 2.45) is 4.99 Å². The van der Waals surface area contributed by atoms with Crippen LogP contribution in [0.2, 0.25) is 10.0 Å². The molecule has 0 atom stereocenters. The molecule has 3 aromatic rings. The van der Waals surface area contributed by atoms with Crippen molar-refractivity contribution in [3.05, 3.63) is 86.7 Å². The Balaban J connectivity index is 1.44. The summed E-state index contributed by atoms with van der Waals surface area (Å²) in [6, 6.07) is 17.9. The zero-order valence-electron chi connectivity index (χ0n) is 17.9. The molecule has 3 aromatic carbocycles. The first-order valence-corrected chi connectivity index (χ1v) is 12.7. The second-order valence-electron chi connectivity index (χ2n) is 7.48. The van der Waals surface area contributed by atoms with E-state index in [0.29, 0.717) is 25.8 Å². The summed E-state index contributed by atoms with van der Waals surface area (Å²) in [5.74, 6) is -0.0790. The van der Waals surface area contributed by atoms with Gasteiger partial charge in [-0.15, -0.1) is 0 Å². The van der Waals surface area contributed by atoms with Crippen molar-refractivity contribution in [2.45, 2.75) is 11.8 Å². The van der Waals surface area contributed by atoms with Crippen LogP contribution in [-0.4, -0.2) is 29.6 Å². The zero-order chi connectivity index (χ0) is 23.1. The molecule has 166 valence electrons. The van der Waals surface area contributed by atoms with Crippen LogP contribution in [0.1, 0.15) is 6.92 Å². The van der Waals surface area contributed by atoms with Gasteiger partial charge in [0.1, 0.15) is 0 Å². The molecule has 1 saturated heterocycles. The highest BCUT2D eigenvalue weighted by Crippen LogP contribution is 2.49. The SMILES string of the molecule is CCN1C(=CC=C2SC(=Nc3ccc(Cl)c(Cl)c3)N(C)C2=O)Sc2c1ccc1ccccc21. The zero-order valence-corrected chi connectivity index (χ0v) is 21.0. The Hall–Kier alpha value is -2.38. The Morgan fingerprint density at radius 3 is 2.61 bits per heavy atom. The van der Waals surface area contributed by atoms with Crippen molar-refractivity contribution in [3.63, 3.8) is 0 Å². The van der Waals surface area contributed by atoms with Crippen LogP contribution in [0.15, 0.2) is 86.6 Å². The van der Waals surface area contributed by atoms with Crippen LogP contribution in [0.4, 0.5) is 11.4 Å². The van der Waals surface area contributed by atoms with Crippen molar-refractivity contribution in [3.8, 4) is 0 Å². The molecular weight excluding hydrogens is 493 g/mol. The van der Waals surface area contributed by atoms with E-state index in [9.17, 15) is 4.79 Å². The first-order chi connectivity index (χ1) is 16.0. The van der Waals surface area contributed by atoms with E-state index in [4.69, 9.17) is 23.2 Å². The second-order valence-corrected chi connectivity index (χ2v) is 10.3. The number of allylic oxidation sites excluding steroid dienone is 2. The molecule has 2 aliphatic heterocycles. The molecule has 5 rings (SSSR count). The van der Waals surface area contributed by atoms with Crippen LogP contribution >= 0.6 is 46.7 Å². The van der Waals surface area contributed by atoms with E-state index in [0.717, 1.165) is 11.6 Å². The fourth-order valence-corrected chi connectivity index (χ4v) is 6.24. The normalized spacial score (nSPS) is 19.5. The number of amidine groups is 1. The van der Waals surface area contributed by atoms with Crippen molar-refractivity contribution >= 4 is 79.9 Å². The third-order valence-electron chi connectivity index (χ3n) is 5.45. The minimum absolute atomic E-state index is 0.0790. The van der Waals surface area contributed by atoms with E-state index < -0.39 is 0 Å². The fourth-order valence-electron chi connectivity index (χ4n) is 3.76. The third-order valence-corrected chi connectivity index (χ3v) is 8.46. The summed E-state index contributed by atoms with van der Waals surface area (Å²) in [6.07, 6.45) is 3.92. The highest BCUT2D eigenvalue weighted by molar-refractivity contribution is 8.18. The van der Waals surface area contributed by atoms with Gasteiger partial charge in [-0.1, -0.05) is 65.3 Å². The van der Waals surface area contributed by atoms with Gasteiger partial charge in [0.25, 0.3) is 5.91 Å². The molecule has 0 saturated carbocycles. The Morgan fingerprint density at radius 2 is 1.82 bits per heavy atom. The van der Waals surface area contributed by atoms with Crippen LogP contribution in [0.3, 0.4) is 0 Å².